The molecule has 0 spiro atoms. The van der Waals surface area contributed by atoms with Gasteiger partial charge in [-0.3, -0.25) is 9.59 Å². The van der Waals surface area contributed by atoms with Gasteiger partial charge in [-0.05, 0) is 53.8 Å². The molecule has 0 aromatic heterocycles. The summed E-state index contributed by atoms with van der Waals surface area (Å²) < 4.78 is 22.8. The smallest absolute Gasteiger partial charge is 0.417 e. The number of amides is 2. The van der Waals surface area contributed by atoms with Gasteiger partial charge >= 0.3 is 6.09 Å². The lowest BCUT2D eigenvalue weighted by molar-refractivity contribution is -0.218. The van der Waals surface area contributed by atoms with Crippen molar-refractivity contribution in [3.05, 3.63) is 46.5 Å². The van der Waals surface area contributed by atoms with E-state index in [1.807, 2.05) is 44.2 Å². The van der Waals surface area contributed by atoms with E-state index < -0.39 is 53.3 Å². The van der Waals surface area contributed by atoms with Crippen LogP contribution in [0.3, 0.4) is 0 Å². The molecule has 0 saturated carbocycles. The van der Waals surface area contributed by atoms with Crippen LogP contribution in [0.5, 0.6) is 0 Å². The van der Waals surface area contributed by atoms with E-state index in [1.54, 1.807) is 13.8 Å². The van der Waals surface area contributed by atoms with Gasteiger partial charge in [0.1, 0.15) is 17.8 Å². The lowest BCUT2D eigenvalue weighted by Gasteiger charge is -2.38. The first-order valence-corrected chi connectivity index (χ1v) is 14.3. The summed E-state index contributed by atoms with van der Waals surface area (Å²) in [5, 5.41) is 20.8. The zero-order chi connectivity index (χ0) is 29.7. The second-order valence-corrected chi connectivity index (χ2v) is 12.0. The Balaban J connectivity index is 1.55. The molecule has 1 fully saturated rings. The number of nitrogens with zero attached hydrogens (tertiary/aromatic N) is 1. The van der Waals surface area contributed by atoms with Crippen molar-refractivity contribution in [2.45, 2.75) is 83.7 Å². The van der Waals surface area contributed by atoms with E-state index in [0.29, 0.717) is 13.0 Å². The molecule has 2 aliphatic heterocycles. The molecule has 0 unspecified atom stereocenters. The normalized spacial score (nSPS) is 26.0. The molecule has 1 aromatic carbocycles. The monoisotopic (exact) mass is 625 g/mol. The van der Waals surface area contributed by atoms with Crippen LogP contribution in [-0.4, -0.2) is 82.4 Å². The third-order valence-corrected chi connectivity index (χ3v) is 7.98. The predicted molar refractivity (Wildman–Crippen MR) is 149 cm³/mol. The topological polar surface area (TPSA) is 132 Å². The van der Waals surface area contributed by atoms with Crippen molar-refractivity contribution in [3.8, 4) is 0 Å². The molecule has 222 valence electrons. The molecule has 1 saturated heterocycles. The van der Waals surface area contributed by atoms with Gasteiger partial charge in [0.15, 0.2) is 11.6 Å². The Morgan fingerprint density at radius 3 is 2.48 bits per heavy atom. The Bertz CT molecular complexity index is 1080. The molecule has 0 radical (unpaired) electrons. The first-order chi connectivity index (χ1) is 18.8. The summed E-state index contributed by atoms with van der Waals surface area (Å²) in [6, 6.07) is 9.07. The van der Waals surface area contributed by atoms with Crippen molar-refractivity contribution in [3.63, 3.8) is 0 Å². The number of halogens is 1. The molecular weight excluding hydrogens is 586 g/mol. The van der Waals surface area contributed by atoms with E-state index in [-0.39, 0.29) is 36.6 Å². The zero-order valence-electron chi connectivity index (χ0n) is 23.7. The maximum Gasteiger partial charge on any atom is 0.417 e. The van der Waals surface area contributed by atoms with Crippen LogP contribution in [0.1, 0.15) is 53.0 Å². The summed E-state index contributed by atoms with van der Waals surface area (Å²) in [7, 11) is 0. The van der Waals surface area contributed by atoms with Gasteiger partial charge in [0, 0.05) is 13.0 Å². The molecule has 3 rings (SSSR count). The average molecular weight is 627 g/mol. The third kappa shape index (κ3) is 7.57. The number of imide groups is 1. The Morgan fingerprint density at radius 1 is 1.18 bits per heavy atom. The summed E-state index contributed by atoms with van der Waals surface area (Å²) in [6.07, 6.45) is -0.939. The number of carbonyl (C=O) groups excluding carboxylic acids is 3. The van der Waals surface area contributed by atoms with Gasteiger partial charge in [0.05, 0.1) is 36.3 Å². The fourth-order valence-electron chi connectivity index (χ4n) is 5.18. The van der Waals surface area contributed by atoms with Crippen LogP contribution in [0.2, 0.25) is 0 Å². The minimum Gasteiger partial charge on any atom is -0.441 e. The van der Waals surface area contributed by atoms with Crippen LogP contribution in [0.4, 0.5) is 4.79 Å². The van der Waals surface area contributed by atoms with Crippen LogP contribution in [0.25, 0.3) is 0 Å². The second kappa shape index (κ2) is 13.7. The number of ketones is 1. The van der Waals surface area contributed by atoms with Crippen LogP contribution < -0.4 is 0 Å². The third-order valence-electron chi connectivity index (χ3n) is 7.13. The van der Waals surface area contributed by atoms with E-state index in [0.717, 1.165) is 10.5 Å². The Morgan fingerprint density at radius 2 is 1.85 bits per heavy atom. The van der Waals surface area contributed by atoms with Crippen LogP contribution in [0.15, 0.2) is 40.9 Å². The first-order valence-electron chi connectivity index (χ1n) is 13.5. The van der Waals surface area contributed by atoms with Crippen molar-refractivity contribution in [2.75, 3.05) is 19.8 Å². The highest BCUT2D eigenvalue weighted by Gasteiger charge is 2.54. The molecule has 5 atom stereocenters. The number of aliphatic hydroxyl groups is 2. The summed E-state index contributed by atoms with van der Waals surface area (Å²) in [6.45, 7) is 9.30. The fraction of sp³-hybridized carbons (Fsp3) is 0.621. The number of rotatable bonds is 13. The first kappa shape index (κ1) is 32.4. The SMILES string of the molecule is CC(C)[C@@H]1N(C(=O)[C@@H](C)[C@@H]2O[C@](O)(CCCOC[C@@H](CO)OCc3ccccc3)C(Br)=CC2=O)C(=O)OC1(C)C. The van der Waals surface area contributed by atoms with Crippen LogP contribution >= 0.6 is 15.9 Å². The van der Waals surface area contributed by atoms with E-state index in [1.165, 1.54) is 13.0 Å². The molecule has 10 nitrogen and oxygen atoms in total. The van der Waals surface area contributed by atoms with Crippen molar-refractivity contribution in [1.29, 1.82) is 0 Å². The van der Waals surface area contributed by atoms with Gasteiger partial charge < -0.3 is 29.2 Å². The molecule has 0 aliphatic carbocycles. The number of hydrogen-bond donors (Lipinski definition) is 2. The molecule has 2 N–H and O–H groups in total. The maximum atomic E-state index is 13.5. The molecule has 2 aliphatic rings. The summed E-state index contributed by atoms with van der Waals surface area (Å²) in [5.74, 6) is -4.10. The molecule has 1 aromatic rings. The Hall–Kier alpha value is -2.15. The van der Waals surface area contributed by atoms with E-state index in [4.69, 9.17) is 18.9 Å². The van der Waals surface area contributed by atoms with Crippen molar-refractivity contribution >= 4 is 33.7 Å². The molecule has 0 bridgehead atoms. The van der Waals surface area contributed by atoms with Crippen molar-refractivity contribution in [2.24, 2.45) is 11.8 Å². The summed E-state index contributed by atoms with van der Waals surface area (Å²) in [5.41, 5.74) is 0.0970. The highest BCUT2D eigenvalue weighted by Crippen LogP contribution is 2.39. The highest BCUT2D eigenvalue weighted by molar-refractivity contribution is 9.11. The van der Waals surface area contributed by atoms with E-state index in [9.17, 15) is 24.6 Å². The highest BCUT2D eigenvalue weighted by atomic mass is 79.9. The zero-order valence-corrected chi connectivity index (χ0v) is 25.3. The lowest BCUT2D eigenvalue weighted by atomic mass is 9.87. The number of cyclic esters (lactones) is 1. The van der Waals surface area contributed by atoms with E-state index >= 15 is 0 Å². The van der Waals surface area contributed by atoms with Crippen LogP contribution in [0, 0.1) is 11.8 Å². The van der Waals surface area contributed by atoms with Gasteiger partial charge in [-0.2, -0.15) is 0 Å². The fourth-order valence-corrected chi connectivity index (χ4v) is 5.69. The van der Waals surface area contributed by atoms with Gasteiger partial charge in [-0.25, -0.2) is 9.69 Å². The second-order valence-electron chi connectivity index (χ2n) is 11.2. The van der Waals surface area contributed by atoms with Gasteiger partial charge in [0.25, 0.3) is 0 Å². The van der Waals surface area contributed by atoms with E-state index in [2.05, 4.69) is 15.9 Å². The number of ether oxygens (including phenoxy) is 4. The number of hydrogen-bond acceptors (Lipinski definition) is 9. The molecule has 11 heteroatoms. The standard InChI is InChI=1S/C29H40BrNO9/c1-18(2)25-28(4,5)40-27(35)31(25)26(34)19(3)24-22(33)14-23(30)29(36,39-24)12-9-13-37-17-21(15-32)38-16-20-10-7-6-8-11-20/h6-8,10-11,14,18-19,21,24-25,32,36H,9,12-13,15-17H2,1-5H3/t19-,21+,24-,25-,29+/m0/s1. The Kier molecular flexibility index (Phi) is 11.1. The minimum absolute atomic E-state index is 0.0663. The molecular formula is C29H40BrNO9. The predicted octanol–water partition coefficient (Wildman–Crippen LogP) is 3.71. The van der Waals surface area contributed by atoms with Gasteiger partial charge in [-0.1, -0.05) is 51.1 Å². The average Bonchev–Trinajstić information content (AvgIpc) is 3.15. The van der Waals surface area contributed by atoms with Crippen molar-refractivity contribution < 1.29 is 43.5 Å². The van der Waals surface area contributed by atoms with Crippen LogP contribution in [-0.2, 0) is 35.1 Å². The maximum absolute atomic E-state index is 13.5. The molecule has 2 amide bonds. The summed E-state index contributed by atoms with van der Waals surface area (Å²) >= 11 is 3.23. The quantitative estimate of drug-likeness (QED) is 0.315. The summed E-state index contributed by atoms with van der Waals surface area (Å²) in [4.78, 5) is 40.0. The Labute approximate surface area is 243 Å². The molecule has 40 heavy (non-hydrogen) atoms. The number of carbonyl (C=O) groups is 3. The van der Waals surface area contributed by atoms with Gasteiger partial charge in [0.2, 0.25) is 5.91 Å². The largest absolute Gasteiger partial charge is 0.441 e. The van der Waals surface area contributed by atoms with Gasteiger partial charge in [-0.15, -0.1) is 0 Å². The minimum atomic E-state index is -1.86. The molecule has 2 heterocycles. The number of benzene rings is 1. The number of aliphatic hydroxyl groups excluding tert-OH is 1. The van der Waals surface area contributed by atoms with Crippen molar-refractivity contribution in [1.82, 2.24) is 4.90 Å². The lowest BCUT2D eigenvalue weighted by Crippen LogP contribution is -2.54.